The summed E-state index contributed by atoms with van der Waals surface area (Å²) in [4.78, 5) is 14.1. The molecule has 1 saturated heterocycles. The van der Waals surface area contributed by atoms with Crippen LogP contribution in [0.1, 0.15) is 62.7 Å². The van der Waals surface area contributed by atoms with Gasteiger partial charge in [-0.3, -0.25) is 0 Å². The van der Waals surface area contributed by atoms with E-state index >= 15 is 0 Å². The molecule has 0 N–H and O–H groups in total. The van der Waals surface area contributed by atoms with Crippen LogP contribution in [0.5, 0.6) is 0 Å². The van der Waals surface area contributed by atoms with Gasteiger partial charge in [0.05, 0.1) is 17.8 Å². The van der Waals surface area contributed by atoms with Gasteiger partial charge in [0.1, 0.15) is 0 Å². The molecule has 0 unspecified atom stereocenters. The van der Waals surface area contributed by atoms with Gasteiger partial charge in [0.2, 0.25) is 0 Å². The van der Waals surface area contributed by atoms with Crippen molar-refractivity contribution in [3.8, 4) is 0 Å². The Labute approximate surface area is 146 Å². The van der Waals surface area contributed by atoms with Crippen LogP contribution in [-0.4, -0.2) is 38.4 Å². The van der Waals surface area contributed by atoms with Crippen molar-refractivity contribution in [2.24, 2.45) is 0 Å². The Morgan fingerprint density at radius 2 is 1.79 bits per heavy atom. The van der Waals surface area contributed by atoms with Gasteiger partial charge in [-0.25, -0.2) is 4.79 Å². The topological polar surface area (TPSA) is 38.8 Å². The van der Waals surface area contributed by atoms with Gasteiger partial charge in [0.15, 0.2) is 0 Å². The van der Waals surface area contributed by atoms with E-state index in [9.17, 15) is 4.79 Å². The van der Waals surface area contributed by atoms with E-state index in [2.05, 4.69) is 11.8 Å². The molecule has 0 radical (unpaired) electrons. The standard InChI is InChI=1S/C20H31NO3/c1-4-6-7-12-20(23-3)13-15-21(16-14-20)18-10-8-17(9-11-18)19(22)24-5-2/h8-11H,4-7,12-16H2,1-3H3. The number of piperidine rings is 1. The quantitative estimate of drug-likeness (QED) is 0.521. The molecule has 4 nitrogen and oxygen atoms in total. The van der Waals surface area contributed by atoms with Gasteiger partial charge in [0.25, 0.3) is 0 Å². The molecule has 134 valence electrons. The summed E-state index contributed by atoms with van der Waals surface area (Å²) < 4.78 is 10.9. The number of nitrogens with zero attached hydrogens (tertiary/aromatic N) is 1. The molecule has 0 aromatic heterocycles. The molecule has 2 rings (SSSR count). The van der Waals surface area contributed by atoms with Gasteiger partial charge in [-0.05, 0) is 50.5 Å². The van der Waals surface area contributed by atoms with Crippen LogP contribution in [0.3, 0.4) is 0 Å². The molecular formula is C20H31NO3. The lowest BCUT2D eigenvalue weighted by Crippen LogP contribution is -2.45. The van der Waals surface area contributed by atoms with Crippen LogP contribution >= 0.6 is 0 Å². The molecule has 0 bridgehead atoms. The van der Waals surface area contributed by atoms with Crippen molar-refractivity contribution in [1.82, 2.24) is 0 Å². The minimum atomic E-state index is -0.253. The number of anilines is 1. The Kier molecular flexibility index (Phi) is 7.10. The second kappa shape index (κ2) is 9.07. The lowest BCUT2D eigenvalue weighted by Gasteiger charge is -2.42. The van der Waals surface area contributed by atoms with Crippen LogP contribution in [0.15, 0.2) is 24.3 Å². The average Bonchev–Trinajstić information content (AvgIpc) is 2.63. The Morgan fingerprint density at radius 3 is 2.33 bits per heavy atom. The fourth-order valence-corrected chi connectivity index (χ4v) is 3.45. The summed E-state index contributed by atoms with van der Waals surface area (Å²) in [6, 6.07) is 7.74. The first-order valence-corrected chi connectivity index (χ1v) is 9.21. The highest BCUT2D eigenvalue weighted by Crippen LogP contribution is 2.33. The van der Waals surface area contributed by atoms with Crippen LogP contribution in [0.4, 0.5) is 5.69 Å². The molecule has 24 heavy (non-hydrogen) atoms. The number of hydrogen-bond acceptors (Lipinski definition) is 4. The van der Waals surface area contributed by atoms with Gasteiger partial charge in [0, 0.05) is 25.9 Å². The summed E-state index contributed by atoms with van der Waals surface area (Å²) in [6.45, 7) is 6.46. The van der Waals surface area contributed by atoms with Gasteiger partial charge in [-0.15, -0.1) is 0 Å². The van der Waals surface area contributed by atoms with E-state index in [0.29, 0.717) is 12.2 Å². The van der Waals surface area contributed by atoms with Gasteiger partial charge in [-0.1, -0.05) is 26.2 Å². The molecular weight excluding hydrogens is 302 g/mol. The highest BCUT2D eigenvalue weighted by molar-refractivity contribution is 5.89. The average molecular weight is 333 g/mol. The van der Waals surface area contributed by atoms with Crippen molar-refractivity contribution in [2.75, 3.05) is 31.7 Å². The smallest absolute Gasteiger partial charge is 0.338 e. The van der Waals surface area contributed by atoms with Crippen LogP contribution in [0.25, 0.3) is 0 Å². The largest absolute Gasteiger partial charge is 0.462 e. The van der Waals surface area contributed by atoms with E-state index in [4.69, 9.17) is 9.47 Å². The zero-order valence-electron chi connectivity index (χ0n) is 15.3. The Hall–Kier alpha value is -1.55. The molecule has 1 aliphatic rings. The molecule has 0 atom stereocenters. The van der Waals surface area contributed by atoms with Gasteiger partial charge < -0.3 is 14.4 Å². The van der Waals surface area contributed by atoms with E-state index in [1.54, 1.807) is 0 Å². The van der Waals surface area contributed by atoms with Crippen LogP contribution in [0.2, 0.25) is 0 Å². The van der Waals surface area contributed by atoms with E-state index in [1.165, 1.54) is 24.9 Å². The molecule has 1 heterocycles. The Balaban J connectivity index is 1.92. The highest BCUT2D eigenvalue weighted by atomic mass is 16.5. The van der Waals surface area contributed by atoms with E-state index in [-0.39, 0.29) is 11.6 Å². The first-order valence-electron chi connectivity index (χ1n) is 9.21. The summed E-state index contributed by atoms with van der Waals surface area (Å²) in [7, 11) is 1.86. The minimum absolute atomic E-state index is 0.0521. The third-order valence-electron chi connectivity index (χ3n) is 5.09. The van der Waals surface area contributed by atoms with E-state index < -0.39 is 0 Å². The van der Waals surface area contributed by atoms with Crippen molar-refractivity contribution in [1.29, 1.82) is 0 Å². The lowest BCUT2D eigenvalue weighted by atomic mass is 9.85. The highest BCUT2D eigenvalue weighted by Gasteiger charge is 2.34. The molecule has 4 heteroatoms. The van der Waals surface area contributed by atoms with Crippen LogP contribution < -0.4 is 4.90 Å². The summed E-state index contributed by atoms with van der Waals surface area (Å²) in [6.07, 6.45) is 7.06. The number of esters is 1. The van der Waals surface area contributed by atoms with Crippen LogP contribution in [0, 0.1) is 0 Å². The SMILES string of the molecule is CCCCCC1(OC)CCN(c2ccc(C(=O)OCC)cc2)CC1. The van der Waals surface area contributed by atoms with E-state index in [1.807, 2.05) is 38.3 Å². The molecule has 1 aromatic rings. The second-order valence-corrected chi connectivity index (χ2v) is 6.60. The Morgan fingerprint density at radius 1 is 1.12 bits per heavy atom. The zero-order valence-corrected chi connectivity index (χ0v) is 15.3. The van der Waals surface area contributed by atoms with Crippen LogP contribution in [-0.2, 0) is 9.47 Å². The predicted molar refractivity (Wildman–Crippen MR) is 97.7 cm³/mol. The molecule has 1 fully saturated rings. The summed E-state index contributed by atoms with van der Waals surface area (Å²) in [5, 5.41) is 0. The number of carbonyl (C=O) groups is 1. The summed E-state index contributed by atoms with van der Waals surface area (Å²) in [5.41, 5.74) is 1.83. The van der Waals surface area contributed by atoms with Crippen molar-refractivity contribution in [3.05, 3.63) is 29.8 Å². The van der Waals surface area contributed by atoms with Crippen molar-refractivity contribution in [2.45, 2.75) is 58.0 Å². The molecule has 1 aromatic carbocycles. The number of ether oxygens (including phenoxy) is 2. The van der Waals surface area contributed by atoms with Gasteiger partial charge >= 0.3 is 5.97 Å². The first kappa shape index (κ1) is 18.8. The number of rotatable bonds is 8. The lowest BCUT2D eigenvalue weighted by molar-refractivity contribution is -0.0376. The number of carbonyl (C=O) groups excluding carboxylic acids is 1. The van der Waals surface area contributed by atoms with Gasteiger partial charge in [-0.2, -0.15) is 0 Å². The normalized spacial score (nSPS) is 16.9. The number of methoxy groups -OCH3 is 1. The molecule has 0 saturated carbocycles. The monoisotopic (exact) mass is 333 g/mol. The fourth-order valence-electron chi connectivity index (χ4n) is 3.45. The predicted octanol–water partition coefficient (Wildman–Crippen LogP) is 4.43. The molecule has 0 spiro atoms. The molecule has 0 aliphatic carbocycles. The summed E-state index contributed by atoms with van der Waals surface area (Å²) >= 11 is 0. The number of benzene rings is 1. The zero-order chi connectivity index (χ0) is 17.4. The number of unbranched alkanes of at least 4 members (excludes halogenated alkanes) is 2. The maximum Gasteiger partial charge on any atom is 0.338 e. The third kappa shape index (κ3) is 4.73. The van der Waals surface area contributed by atoms with Crippen molar-refractivity contribution >= 4 is 11.7 Å². The summed E-state index contributed by atoms with van der Waals surface area (Å²) in [5.74, 6) is -0.253. The van der Waals surface area contributed by atoms with E-state index in [0.717, 1.165) is 32.4 Å². The number of hydrogen-bond donors (Lipinski definition) is 0. The Bertz CT molecular complexity index is 504. The second-order valence-electron chi connectivity index (χ2n) is 6.60. The minimum Gasteiger partial charge on any atom is -0.462 e. The maximum atomic E-state index is 11.7. The fraction of sp³-hybridized carbons (Fsp3) is 0.650. The first-order chi connectivity index (χ1) is 11.6. The molecule has 0 amide bonds. The molecule has 1 aliphatic heterocycles. The van der Waals surface area contributed by atoms with Crippen molar-refractivity contribution in [3.63, 3.8) is 0 Å². The maximum absolute atomic E-state index is 11.7. The third-order valence-corrected chi connectivity index (χ3v) is 5.09. The van der Waals surface area contributed by atoms with Crippen molar-refractivity contribution < 1.29 is 14.3 Å².